The summed E-state index contributed by atoms with van der Waals surface area (Å²) in [6, 6.07) is 14.0. The maximum atomic E-state index is 12.9. The molecule has 0 heterocycles. The molecule has 0 bridgehead atoms. The van der Waals surface area contributed by atoms with Crippen molar-refractivity contribution in [3.63, 3.8) is 0 Å². The molecule has 0 atom stereocenters. The van der Waals surface area contributed by atoms with Crippen LogP contribution in [-0.2, 0) is 10.0 Å². The van der Waals surface area contributed by atoms with Gasteiger partial charge in [-0.2, -0.15) is 0 Å². The first-order chi connectivity index (χ1) is 8.08. The summed E-state index contributed by atoms with van der Waals surface area (Å²) in [6.45, 7) is 0. The minimum atomic E-state index is -3.75. The van der Waals surface area contributed by atoms with Gasteiger partial charge < -0.3 is 0 Å². The molecule has 2 aromatic carbocycles. The fourth-order valence-electron chi connectivity index (χ4n) is 1.31. The van der Waals surface area contributed by atoms with E-state index in [9.17, 15) is 12.8 Å². The molecular formula is C12H9FNO2S. The molecule has 0 aliphatic rings. The first kappa shape index (κ1) is 11.6. The summed E-state index contributed by atoms with van der Waals surface area (Å²) in [5.41, 5.74) is 0.386. The van der Waals surface area contributed by atoms with Gasteiger partial charge in [-0.05, 0) is 36.4 Å². The molecule has 17 heavy (non-hydrogen) atoms. The number of rotatable bonds is 3. The average Bonchev–Trinajstić information content (AvgIpc) is 2.30. The van der Waals surface area contributed by atoms with E-state index in [-0.39, 0.29) is 4.90 Å². The molecule has 2 rings (SSSR count). The van der Waals surface area contributed by atoms with Crippen molar-refractivity contribution in [1.29, 1.82) is 0 Å². The molecule has 0 fully saturated rings. The van der Waals surface area contributed by atoms with Crippen LogP contribution in [0.15, 0.2) is 53.4 Å². The molecule has 5 heteroatoms. The van der Waals surface area contributed by atoms with Crippen molar-refractivity contribution in [2.24, 2.45) is 0 Å². The second kappa shape index (κ2) is 4.55. The van der Waals surface area contributed by atoms with E-state index in [2.05, 4.69) is 10.8 Å². The number of sulfonamides is 1. The van der Waals surface area contributed by atoms with Gasteiger partial charge in [-0.25, -0.2) is 12.8 Å². The SMILES string of the molecule is O=S(=O)(Nc1c[c]ccc1)c1cccc(F)c1. The van der Waals surface area contributed by atoms with Crippen molar-refractivity contribution in [2.45, 2.75) is 4.90 Å². The Kier molecular flexibility index (Phi) is 3.10. The van der Waals surface area contributed by atoms with Crippen LogP contribution in [0, 0.1) is 11.9 Å². The Bertz CT molecular complexity index is 611. The van der Waals surface area contributed by atoms with Crippen molar-refractivity contribution in [2.75, 3.05) is 4.72 Å². The highest BCUT2D eigenvalue weighted by Crippen LogP contribution is 2.15. The van der Waals surface area contributed by atoms with E-state index in [1.165, 1.54) is 24.3 Å². The molecule has 2 aromatic rings. The van der Waals surface area contributed by atoms with E-state index in [1.807, 2.05) is 0 Å². The first-order valence-corrected chi connectivity index (χ1v) is 6.31. The van der Waals surface area contributed by atoms with E-state index in [1.54, 1.807) is 18.2 Å². The van der Waals surface area contributed by atoms with Gasteiger partial charge in [0.15, 0.2) is 0 Å². The van der Waals surface area contributed by atoms with E-state index in [0.717, 1.165) is 6.07 Å². The lowest BCUT2D eigenvalue weighted by Gasteiger charge is -2.07. The maximum absolute atomic E-state index is 12.9. The molecule has 87 valence electrons. The third-order valence-electron chi connectivity index (χ3n) is 2.07. The zero-order chi connectivity index (χ0) is 12.3. The highest BCUT2D eigenvalue weighted by atomic mass is 32.2. The Morgan fingerprint density at radius 2 is 2.00 bits per heavy atom. The van der Waals surface area contributed by atoms with E-state index >= 15 is 0 Å². The fourth-order valence-corrected chi connectivity index (χ4v) is 2.39. The van der Waals surface area contributed by atoms with Gasteiger partial charge in [-0.15, -0.1) is 0 Å². The van der Waals surface area contributed by atoms with Crippen LogP contribution < -0.4 is 4.72 Å². The van der Waals surface area contributed by atoms with Gasteiger partial charge in [0.1, 0.15) is 5.82 Å². The zero-order valence-electron chi connectivity index (χ0n) is 8.72. The van der Waals surface area contributed by atoms with Crippen LogP contribution in [0.4, 0.5) is 10.1 Å². The molecule has 0 unspecified atom stereocenters. The molecule has 0 aromatic heterocycles. The first-order valence-electron chi connectivity index (χ1n) is 4.82. The topological polar surface area (TPSA) is 46.2 Å². The zero-order valence-corrected chi connectivity index (χ0v) is 9.54. The molecular weight excluding hydrogens is 241 g/mol. The highest BCUT2D eigenvalue weighted by molar-refractivity contribution is 7.92. The summed E-state index contributed by atoms with van der Waals surface area (Å²) in [4.78, 5) is -0.110. The van der Waals surface area contributed by atoms with Gasteiger partial charge in [-0.1, -0.05) is 18.2 Å². The average molecular weight is 250 g/mol. The monoisotopic (exact) mass is 250 g/mol. The lowest BCUT2D eigenvalue weighted by molar-refractivity contribution is 0.595. The number of halogens is 1. The Hall–Kier alpha value is -1.88. The van der Waals surface area contributed by atoms with Gasteiger partial charge in [-0.3, -0.25) is 4.72 Å². The van der Waals surface area contributed by atoms with Gasteiger partial charge in [0.05, 0.1) is 4.90 Å². The van der Waals surface area contributed by atoms with Gasteiger partial charge in [0, 0.05) is 5.69 Å². The summed E-state index contributed by atoms with van der Waals surface area (Å²) in [7, 11) is -3.75. The van der Waals surface area contributed by atoms with Gasteiger partial charge in [0.2, 0.25) is 0 Å². The number of hydrogen-bond donors (Lipinski definition) is 1. The summed E-state index contributed by atoms with van der Waals surface area (Å²) in [5, 5.41) is 0. The largest absolute Gasteiger partial charge is 0.280 e. The summed E-state index contributed by atoms with van der Waals surface area (Å²) >= 11 is 0. The number of anilines is 1. The molecule has 0 aliphatic heterocycles. The number of benzene rings is 2. The summed E-state index contributed by atoms with van der Waals surface area (Å²) in [6.07, 6.45) is 0. The van der Waals surface area contributed by atoms with Crippen LogP contribution in [0.2, 0.25) is 0 Å². The molecule has 0 amide bonds. The van der Waals surface area contributed by atoms with Crippen molar-refractivity contribution in [3.05, 3.63) is 60.4 Å². The maximum Gasteiger partial charge on any atom is 0.261 e. The van der Waals surface area contributed by atoms with Crippen molar-refractivity contribution < 1.29 is 12.8 Å². The smallest absolute Gasteiger partial charge is 0.261 e. The molecule has 0 saturated carbocycles. The lowest BCUT2D eigenvalue weighted by Crippen LogP contribution is -2.12. The number of hydrogen-bond acceptors (Lipinski definition) is 2. The summed E-state index contributed by atoms with van der Waals surface area (Å²) in [5.74, 6) is -0.590. The Morgan fingerprint density at radius 1 is 1.18 bits per heavy atom. The van der Waals surface area contributed by atoms with E-state index in [0.29, 0.717) is 5.69 Å². The third kappa shape index (κ3) is 2.82. The molecule has 0 aliphatic carbocycles. The fraction of sp³-hybridized carbons (Fsp3) is 0. The second-order valence-corrected chi connectivity index (χ2v) is 5.04. The van der Waals surface area contributed by atoms with Gasteiger partial charge >= 0.3 is 0 Å². The third-order valence-corrected chi connectivity index (χ3v) is 3.44. The van der Waals surface area contributed by atoms with Crippen LogP contribution >= 0.6 is 0 Å². The molecule has 1 N–H and O–H groups in total. The number of nitrogens with one attached hydrogen (secondary N) is 1. The normalized spacial score (nSPS) is 11.1. The Balaban J connectivity index is 2.32. The van der Waals surface area contributed by atoms with Crippen molar-refractivity contribution in [3.8, 4) is 0 Å². The van der Waals surface area contributed by atoms with Gasteiger partial charge in [0.25, 0.3) is 10.0 Å². The standard InChI is InChI=1S/C12H9FNO2S/c13-10-5-4-8-12(9-10)17(15,16)14-11-6-2-1-3-7-11/h1-2,4-9,14H. The summed E-state index contributed by atoms with van der Waals surface area (Å²) < 4.78 is 39.0. The minimum Gasteiger partial charge on any atom is -0.280 e. The van der Waals surface area contributed by atoms with E-state index in [4.69, 9.17) is 0 Å². The predicted molar refractivity (Wildman–Crippen MR) is 62.5 cm³/mol. The molecule has 1 radical (unpaired) electrons. The minimum absolute atomic E-state index is 0.110. The van der Waals surface area contributed by atoms with Crippen LogP contribution in [0.3, 0.4) is 0 Å². The van der Waals surface area contributed by atoms with Crippen LogP contribution in [0.1, 0.15) is 0 Å². The van der Waals surface area contributed by atoms with Crippen LogP contribution in [-0.4, -0.2) is 8.42 Å². The van der Waals surface area contributed by atoms with E-state index < -0.39 is 15.8 Å². The molecule has 3 nitrogen and oxygen atoms in total. The molecule has 0 saturated heterocycles. The van der Waals surface area contributed by atoms with Crippen molar-refractivity contribution in [1.82, 2.24) is 0 Å². The molecule has 0 spiro atoms. The lowest BCUT2D eigenvalue weighted by atomic mass is 10.3. The van der Waals surface area contributed by atoms with Crippen LogP contribution in [0.25, 0.3) is 0 Å². The quantitative estimate of drug-likeness (QED) is 0.909. The highest BCUT2D eigenvalue weighted by Gasteiger charge is 2.14. The second-order valence-electron chi connectivity index (χ2n) is 3.36. The Labute approximate surface area is 99.0 Å². The van der Waals surface area contributed by atoms with Crippen molar-refractivity contribution >= 4 is 15.7 Å². The predicted octanol–water partition coefficient (Wildman–Crippen LogP) is 2.43. The van der Waals surface area contributed by atoms with Crippen LogP contribution in [0.5, 0.6) is 0 Å². The Morgan fingerprint density at radius 3 is 2.65 bits per heavy atom.